The topological polar surface area (TPSA) is 79.8 Å². The Morgan fingerprint density at radius 3 is 2.65 bits per heavy atom. The molecule has 0 saturated carbocycles. The predicted octanol–water partition coefficient (Wildman–Crippen LogP) is 1.38. The van der Waals surface area contributed by atoms with Gasteiger partial charge in [0.25, 0.3) is 0 Å². The van der Waals surface area contributed by atoms with Gasteiger partial charge >= 0.3 is 0 Å². The molecule has 0 unspecified atom stereocenters. The number of carbonyl (C=O) groups excluding carboxylic acids is 1. The van der Waals surface area contributed by atoms with Gasteiger partial charge in [-0.3, -0.25) is 4.79 Å². The standard InChI is InChI=1S/C17H26N2O4/c1-10(2)23-15-6-5-12(7-16(15)22-4)11(3)19-17(21)14-8-13(20)9-18-14/h5-7,10-11,13-14,18,20H,8-9H2,1-4H3,(H,19,21)/t11-,13+,14-/m0/s1. The Bertz CT molecular complexity index is 547. The van der Waals surface area contributed by atoms with Crippen molar-refractivity contribution in [1.29, 1.82) is 0 Å². The number of methoxy groups -OCH3 is 1. The first kappa shape index (κ1) is 17.6. The summed E-state index contributed by atoms with van der Waals surface area (Å²) in [6.45, 7) is 6.29. The van der Waals surface area contributed by atoms with E-state index >= 15 is 0 Å². The number of ether oxygens (including phenoxy) is 2. The van der Waals surface area contributed by atoms with E-state index in [0.29, 0.717) is 24.5 Å². The number of amides is 1. The summed E-state index contributed by atoms with van der Waals surface area (Å²) in [6, 6.07) is 5.15. The molecule has 3 N–H and O–H groups in total. The molecule has 1 aromatic rings. The lowest BCUT2D eigenvalue weighted by molar-refractivity contribution is -0.123. The van der Waals surface area contributed by atoms with Crippen molar-refractivity contribution in [3.05, 3.63) is 23.8 Å². The van der Waals surface area contributed by atoms with Crippen molar-refractivity contribution in [2.45, 2.75) is 51.5 Å². The summed E-state index contributed by atoms with van der Waals surface area (Å²) in [5.74, 6) is 1.23. The molecule has 3 atom stereocenters. The average molecular weight is 322 g/mol. The largest absolute Gasteiger partial charge is 0.493 e. The second kappa shape index (κ2) is 7.66. The highest BCUT2D eigenvalue weighted by Crippen LogP contribution is 2.31. The van der Waals surface area contributed by atoms with Gasteiger partial charge in [-0.2, -0.15) is 0 Å². The lowest BCUT2D eigenvalue weighted by atomic mass is 10.1. The van der Waals surface area contributed by atoms with Gasteiger partial charge in [0.15, 0.2) is 11.5 Å². The van der Waals surface area contributed by atoms with E-state index < -0.39 is 6.10 Å². The third-order valence-electron chi connectivity index (χ3n) is 3.83. The lowest BCUT2D eigenvalue weighted by Crippen LogP contribution is -2.41. The lowest BCUT2D eigenvalue weighted by Gasteiger charge is -2.20. The Hall–Kier alpha value is -1.79. The fourth-order valence-electron chi connectivity index (χ4n) is 2.62. The monoisotopic (exact) mass is 322 g/mol. The van der Waals surface area contributed by atoms with Crippen molar-refractivity contribution in [1.82, 2.24) is 10.6 Å². The summed E-state index contributed by atoms with van der Waals surface area (Å²) in [5, 5.41) is 15.5. The highest BCUT2D eigenvalue weighted by Gasteiger charge is 2.28. The zero-order chi connectivity index (χ0) is 17.0. The predicted molar refractivity (Wildman–Crippen MR) is 87.7 cm³/mol. The van der Waals surface area contributed by atoms with Crippen molar-refractivity contribution in [2.75, 3.05) is 13.7 Å². The van der Waals surface area contributed by atoms with Gasteiger partial charge in [-0.05, 0) is 44.9 Å². The van der Waals surface area contributed by atoms with Gasteiger partial charge in [-0.25, -0.2) is 0 Å². The van der Waals surface area contributed by atoms with Gasteiger partial charge in [0.1, 0.15) is 0 Å². The molecular weight excluding hydrogens is 296 g/mol. The SMILES string of the molecule is COc1cc([C@H](C)NC(=O)[C@@H]2C[C@@H](O)CN2)ccc1OC(C)C. The van der Waals surface area contributed by atoms with Crippen LogP contribution in [0, 0.1) is 0 Å². The van der Waals surface area contributed by atoms with Gasteiger partial charge in [0.05, 0.1) is 31.4 Å². The van der Waals surface area contributed by atoms with Crippen molar-refractivity contribution < 1.29 is 19.4 Å². The summed E-state index contributed by atoms with van der Waals surface area (Å²) in [5.41, 5.74) is 0.935. The van der Waals surface area contributed by atoms with Gasteiger partial charge in [-0.15, -0.1) is 0 Å². The molecule has 128 valence electrons. The van der Waals surface area contributed by atoms with Crippen molar-refractivity contribution in [3.63, 3.8) is 0 Å². The Morgan fingerprint density at radius 1 is 1.35 bits per heavy atom. The van der Waals surface area contributed by atoms with Gasteiger partial charge in [0.2, 0.25) is 5.91 Å². The van der Waals surface area contributed by atoms with Crippen LogP contribution in [0.1, 0.15) is 38.8 Å². The number of aliphatic hydroxyl groups excluding tert-OH is 1. The minimum Gasteiger partial charge on any atom is -0.493 e. The van der Waals surface area contributed by atoms with E-state index in [1.807, 2.05) is 39.0 Å². The van der Waals surface area contributed by atoms with E-state index in [1.165, 1.54) is 0 Å². The molecule has 1 aliphatic heterocycles. The molecule has 1 aliphatic rings. The molecule has 1 saturated heterocycles. The molecule has 23 heavy (non-hydrogen) atoms. The van der Waals surface area contributed by atoms with E-state index in [2.05, 4.69) is 10.6 Å². The summed E-state index contributed by atoms with van der Waals surface area (Å²) >= 11 is 0. The third kappa shape index (κ3) is 4.59. The minimum absolute atomic E-state index is 0.0618. The van der Waals surface area contributed by atoms with Crippen LogP contribution in [-0.4, -0.2) is 42.9 Å². The molecule has 6 nitrogen and oxygen atoms in total. The fourth-order valence-corrected chi connectivity index (χ4v) is 2.62. The molecule has 1 amide bonds. The molecule has 1 aromatic carbocycles. The Morgan fingerprint density at radius 2 is 2.09 bits per heavy atom. The summed E-state index contributed by atoms with van der Waals surface area (Å²) in [7, 11) is 1.60. The number of nitrogens with one attached hydrogen (secondary N) is 2. The number of hydrogen-bond acceptors (Lipinski definition) is 5. The van der Waals surface area contributed by atoms with E-state index in [0.717, 1.165) is 5.56 Å². The molecule has 2 rings (SSSR count). The molecule has 0 bridgehead atoms. The number of benzene rings is 1. The molecule has 0 aromatic heterocycles. The highest BCUT2D eigenvalue weighted by atomic mass is 16.5. The van der Waals surface area contributed by atoms with Gasteiger partial charge < -0.3 is 25.2 Å². The summed E-state index contributed by atoms with van der Waals surface area (Å²) < 4.78 is 11.1. The minimum atomic E-state index is -0.450. The molecule has 6 heteroatoms. The van der Waals surface area contributed by atoms with Crippen LogP contribution in [0.3, 0.4) is 0 Å². The molecule has 1 heterocycles. The first-order chi connectivity index (χ1) is 10.9. The first-order valence-corrected chi connectivity index (χ1v) is 7.97. The van der Waals surface area contributed by atoms with E-state index in [-0.39, 0.29) is 24.1 Å². The maximum atomic E-state index is 12.2. The van der Waals surface area contributed by atoms with Crippen molar-refractivity contribution >= 4 is 5.91 Å². The van der Waals surface area contributed by atoms with Crippen molar-refractivity contribution in [3.8, 4) is 11.5 Å². The first-order valence-electron chi connectivity index (χ1n) is 7.97. The van der Waals surface area contributed by atoms with Crippen LogP contribution >= 0.6 is 0 Å². The zero-order valence-corrected chi connectivity index (χ0v) is 14.1. The van der Waals surface area contributed by atoms with Crippen LogP contribution in [0.5, 0.6) is 11.5 Å². The Balaban J connectivity index is 2.04. The van der Waals surface area contributed by atoms with Crippen LogP contribution in [0.4, 0.5) is 0 Å². The summed E-state index contributed by atoms with van der Waals surface area (Å²) in [6.07, 6.45) is 0.0589. The molecule has 0 aliphatic carbocycles. The normalized spacial score (nSPS) is 22.0. The average Bonchev–Trinajstić information content (AvgIpc) is 2.93. The fraction of sp³-hybridized carbons (Fsp3) is 0.588. The quantitative estimate of drug-likeness (QED) is 0.737. The molecule has 0 spiro atoms. The highest BCUT2D eigenvalue weighted by molar-refractivity contribution is 5.82. The second-order valence-electron chi connectivity index (χ2n) is 6.16. The number of hydrogen-bond donors (Lipinski definition) is 3. The second-order valence-corrected chi connectivity index (χ2v) is 6.16. The van der Waals surface area contributed by atoms with E-state index in [1.54, 1.807) is 7.11 Å². The van der Waals surface area contributed by atoms with Crippen LogP contribution in [0.25, 0.3) is 0 Å². The van der Waals surface area contributed by atoms with Gasteiger partial charge in [-0.1, -0.05) is 6.07 Å². The number of aliphatic hydroxyl groups is 1. The maximum absolute atomic E-state index is 12.2. The smallest absolute Gasteiger partial charge is 0.237 e. The number of rotatable bonds is 6. The third-order valence-corrected chi connectivity index (χ3v) is 3.83. The van der Waals surface area contributed by atoms with E-state index in [9.17, 15) is 9.90 Å². The van der Waals surface area contributed by atoms with Crippen molar-refractivity contribution in [2.24, 2.45) is 0 Å². The van der Waals surface area contributed by atoms with E-state index in [4.69, 9.17) is 9.47 Å². The molecule has 0 radical (unpaired) electrons. The Labute approximate surface area is 137 Å². The zero-order valence-electron chi connectivity index (χ0n) is 14.1. The van der Waals surface area contributed by atoms with Crippen LogP contribution in [0.2, 0.25) is 0 Å². The van der Waals surface area contributed by atoms with Gasteiger partial charge in [0, 0.05) is 6.54 Å². The summed E-state index contributed by atoms with van der Waals surface area (Å²) in [4.78, 5) is 12.2. The van der Waals surface area contributed by atoms with Crippen LogP contribution < -0.4 is 20.1 Å². The number of carbonyl (C=O) groups is 1. The Kier molecular flexibility index (Phi) is 5.85. The number of β-amino-alcohol motifs (C(OH)–C–C–N with tert-alkyl or cyclic N) is 1. The maximum Gasteiger partial charge on any atom is 0.237 e. The molecule has 1 fully saturated rings. The van der Waals surface area contributed by atoms with Crippen LogP contribution in [0.15, 0.2) is 18.2 Å². The van der Waals surface area contributed by atoms with Crippen LogP contribution in [-0.2, 0) is 4.79 Å². The molecular formula is C17H26N2O4.